The van der Waals surface area contributed by atoms with Crippen molar-refractivity contribution in [3.05, 3.63) is 77.1 Å². The number of anilines is 1. The second-order valence-electron chi connectivity index (χ2n) is 6.19. The molecule has 0 radical (unpaired) electrons. The lowest BCUT2D eigenvalue weighted by Gasteiger charge is -2.10. The summed E-state index contributed by atoms with van der Waals surface area (Å²) in [4.78, 5) is 40.0. The summed E-state index contributed by atoms with van der Waals surface area (Å²) in [6.07, 6.45) is 1.31. The van der Waals surface area contributed by atoms with Gasteiger partial charge in [0.1, 0.15) is 17.8 Å². The summed E-state index contributed by atoms with van der Waals surface area (Å²) in [5.74, 6) is -2.53. The number of halogens is 1. The molecule has 0 aliphatic rings. The molecule has 0 aliphatic carbocycles. The molecule has 1 aromatic heterocycles. The molecule has 0 atom stereocenters. The lowest BCUT2D eigenvalue weighted by Crippen LogP contribution is -2.25. The van der Waals surface area contributed by atoms with E-state index in [0.717, 1.165) is 0 Å². The molecule has 1 heterocycles. The summed E-state index contributed by atoms with van der Waals surface area (Å²) in [6.45, 7) is 1.65. The number of aromatic nitrogens is 2. The average molecular weight is 395 g/mol. The fourth-order valence-corrected chi connectivity index (χ4v) is 2.88. The number of nitrogens with one attached hydrogen (secondary N) is 2. The monoisotopic (exact) mass is 395 g/mol. The van der Waals surface area contributed by atoms with Gasteiger partial charge < -0.3 is 16.4 Å². The van der Waals surface area contributed by atoms with Crippen LogP contribution in [0.2, 0.25) is 0 Å². The maximum absolute atomic E-state index is 14.0. The number of imidazole rings is 1. The third kappa shape index (κ3) is 3.84. The Hall–Kier alpha value is -4.01. The predicted octanol–water partition coefficient (Wildman–Crippen LogP) is 2.03. The van der Waals surface area contributed by atoms with Gasteiger partial charge in [0.15, 0.2) is 5.69 Å². The first kappa shape index (κ1) is 19.7. The SMILES string of the molecule is CNC(=O)c1ncn(-c2ccc(NC(=O)c3c(C)cccc3F)cc2)c1C(N)=O. The summed E-state index contributed by atoms with van der Waals surface area (Å²) in [5, 5.41) is 5.02. The molecule has 2 aromatic carbocycles. The molecular weight excluding hydrogens is 377 g/mol. The molecule has 3 amide bonds. The minimum absolute atomic E-state index is 0.0302. The van der Waals surface area contributed by atoms with E-state index in [4.69, 9.17) is 5.73 Å². The highest BCUT2D eigenvalue weighted by Gasteiger charge is 2.22. The van der Waals surface area contributed by atoms with Crippen molar-refractivity contribution in [2.24, 2.45) is 5.73 Å². The number of carbonyl (C=O) groups excluding carboxylic acids is 3. The normalized spacial score (nSPS) is 10.4. The van der Waals surface area contributed by atoms with Crippen LogP contribution in [0.25, 0.3) is 5.69 Å². The van der Waals surface area contributed by atoms with Crippen LogP contribution in [0.15, 0.2) is 48.8 Å². The van der Waals surface area contributed by atoms with Crippen molar-refractivity contribution in [1.29, 1.82) is 0 Å². The van der Waals surface area contributed by atoms with Gasteiger partial charge in [0.25, 0.3) is 17.7 Å². The topological polar surface area (TPSA) is 119 Å². The first-order valence-electron chi connectivity index (χ1n) is 8.59. The van der Waals surface area contributed by atoms with Gasteiger partial charge in [-0.1, -0.05) is 12.1 Å². The van der Waals surface area contributed by atoms with Crippen LogP contribution in [0.4, 0.5) is 10.1 Å². The Bertz CT molecular complexity index is 1090. The molecule has 148 valence electrons. The fraction of sp³-hybridized carbons (Fsp3) is 0.100. The summed E-state index contributed by atoms with van der Waals surface area (Å²) < 4.78 is 15.3. The van der Waals surface area contributed by atoms with Crippen molar-refractivity contribution in [2.45, 2.75) is 6.92 Å². The van der Waals surface area contributed by atoms with E-state index in [1.165, 1.54) is 30.1 Å². The number of rotatable bonds is 5. The van der Waals surface area contributed by atoms with E-state index in [-0.39, 0.29) is 17.0 Å². The molecular formula is C20H18FN5O3. The maximum atomic E-state index is 14.0. The van der Waals surface area contributed by atoms with E-state index in [9.17, 15) is 18.8 Å². The minimum atomic E-state index is -0.812. The number of nitrogens with zero attached hydrogens (tertiary/aromatic N) is 2. The third-order valence-electron chi connectivity index (χ3n) is 4.30. The van der Waals surface area contributed by atoms with Gasteiger partial charge in [-0.25, -0.2) is 9.37 Å². The smallest absolute Gasteiger partial charge is 0.272 e. The molecule has 0 saturated heterocycles. The predicted molar refractivity (Wildman–Crippen MR) is 105 cm³/mol. The van der Waals surface area contributed by atoms with Gasteiger partial charge in [-0.05, 0) is 42.8 Å². The van der Waals surface area contributed by atoms with Gasteiger partial charge in [-0.2, -0.15) is 0 Å². The molecule has 3 aromatic rings. The molecule has 0 aliphatic heterocycles. The number of amides is 3. The summed E-state index contributed by atoms with van der Waals surface area (Å²) >= 11 is 0. The van der Waals surface area contributed by atoms with Gasteiger partial charge in [0, 0.05) is 18.4 Å². The van der Waals surface area contributed by atoms with Crippen molar-refractivity contribution in [1.82, 2.24) is 14.9 Å². The van der Waals surface area contributed by atoms with E-state index in [2.05, 4.69) is 15.6 Å². The lowest BCUT2D eigenvalue weighted by molar-refractivity contribution is 0.0937. The number of nitrogens with two attached hydrogens (primary N) is 1. The lowest BCUT2D eigenvalue weighted by atomic mass is 10.1. The molecule has 0 spiro atoms. The van der Waals surface area contributed by atoms with Crippen molar-refractivity contribution >= 4 is 23.4 Å². The minimum Gasteiger partial charge on any atom is -0.364 e. The van der Waals surface area contributed by atoms with Crippen molar-refractivity contribution in [2.75, 3.05) is 12.4 Å². The Labute approximate surface area is 165 Å². The standard InChI is InChI=1S/C20H18FN5O3/c1-11-4-3-5-14(21)15(11)19(28)25-12-6-8-13(9-7-12)26-10-24-16(20(29)23-2)17(26)18(22)27/h3-10H,1-2H3,(H2,22,27)(H,23,29)(H,25,28). The molecule has 9 heteroatoms. The van der Waals surface area contributed by atoms with E-state index < -0.39 is 23.5 Å². The molecule has 29 heavy (non-hydrogen) atoms. The molecule has 0 unspecified atom stereocenters. The molecule has 8 nitrogen and oxygen atoms in total. The van der Waals surface area contributed by atoms with E-state index in [1.807, 2.05) is 0 Å². The van der Waals surface area contributed by atoms with E-state index in [0.29, 0.717) is 16.9 Å². The molecule has 0 bridgehead atoms. The van der Waals surface area contributed by atoms with Crippen molar-refractivity contribution < 1.29 is 18.8 Å². The van der Waals surface area contributed by atoms with Crippen LogP contribution in [0.5, 0.6) is 0 Å². The van der Waals surface area contributed by atoms with Crippen LogP contribution in [0.1, 0.15) is 36.9 Å². The Kier molecular flexibility index (Phi) is 5.40. The first-order valence-corrected chi connectivity index (χ1v) is 8.59. The van der Waals surface area contributed by atoms with Crippen LogP contribution < -0.4 is 16.4 Å². The number of carbonyl (C=O) groups is 3. The van der Waals surface area contributed by atoms with Gasteiger partial charge >= 0.3 is 0 Å². The Balaban J connectivity index is 1.88. The Morgan fingerprint density at radius 3 is 2.34 bits per heavy atom. The van der Waals surface area contributed by atoms with Gasteiger partial charge in [0.2, 0.25) is 0 Å². The van der Waals surface area contributed by atoms with Gasteiger partial charge in [-0.3, -0.25) is 19.0 Å². The van der Waals surface area contributed by atoms with E-state index >= 15 is 0 Å². The zero-order chi connectivity index (χ0) is 21.1. The van der Waals surface area contributed by atoms with Crippen LogP contribution in [0, 0.1) is 12.7 Å². The summed E-state index contributed by atoms with van der Waals surface area (Å²) in [7, 11) is 1.42. The number of hydrogen-bond donors (Lipinski definition) is 3. The largest absolute Gasteiger partial charge is 0.364 e. The van der Waals surface area contributed by atoms with Crippen molar-refractivity contribution in [3.8, 4) is 5.69 Å². The summed E-state index contributed by atoms with van der Waals surface area (Å²) in [6, 6.07) is 10.8. The second kappa shape index (κ2) is 7.93. The van der Waals surface area contributed by atoms with E-state index in [1.54, 1.807) is 37.3 Å². The molecule has 3 rings (SSSR count). The number of aryl methyl sites for hydroxylation is 1. The highest BCUT2D eigenvalue weighted by atomic mass is 19.1. The van der Waals surface area contributed by atoms with Crippen molar-refractivity contribution in [3.63, 3.8) is 0 Å². The van der Waals surface area contributed by atoms with Crippen LogP contribution in [-0.4, -0.2) is 34.3 Å². The van der Waals surface area contributed by atoms with Gasteiger partial charge in [0.05, 0.1) is 5.56 Å². The summed E-state index contributed by atoms with van der Waals surface area (Å²) in [5.41, 5.74) is 6.66. The number of benzene rings is 2. The zero-order valence-corrected chi connectivity index (χ0v) is 15.7. The van der Waals surface area contributed by atoms with Crippen LogP contribution >= 0.6 is 0 Å². The van der Waals surface area contributed by atoms with Crippen LogP contribution in [0.3, 0.4) is 0 Å². The van der Waals surface area contributed by atoms with Crippen LogP contribution in [-0.2, 0) is 0 Å². The second-order valence-corrected chi connectivity index (χ2v) is 6.19. The molecule has 0 fully saturated rings. The van der Waals surface area contributed by atoms with Gasteiger partial charge in [-0.15, -0.1) is 0 Å². The quantitative estimate of drug-likeness (QED) is 0.612. The highest BCUT2D eigenvalue weighted by molar-refractivity contribution is 6.06. The number of primary amides is 1. The zero-order valence-electron chi connectivity index (χ0n) is 15.7. The maximum Gasteiger partial charge on any atom is 0.272 e. The fourth-order valence-electron chi connectivity index (χ4n) is 2.88. The Morgan fingerprint density at radius 1 is 1.07 bits per heavy atom. The number of hydrogen-bond acceptors (Lipinski definition) is 4. The first-order chi connectivity index (χ1) is 13.8. The molecule has 4 N–H and O–H groups in total. The highest BCUT2D eigenvalue weighted by Crippen LogP contribution is 2.19. The average Bonchev–Trinajstić information content (AvgIpc) is 3.13. The Morgan fingerprint density at radius 2 is 1.76 bits per heavy atom. The molecule has 0 saturated carbocycles. The third-order valence-corrected chi connectivity index (χ3v) is 4.30.